The van der Waals surface area contributed by atoms with Crippen LogP contribution in [0.25, 0.3) is 0 Å². The number of hydrogen-bond donors (Lipinski definition) is 1. The van der Waals surface area contributed by atoms with Crippen LogP contribution in [0.1, 0.15) is 49.7 Å². The minimum absolute atomic E-state index is 0.0488. The van der Waals surface area contributed by atoms with Crippen LogP contribution >= 0.6 is 23.4 Å². The second-order valence-corrected chi connectivity index (χ2v) is 7.74. The monoisotopic (exact) mass is 312 g/mol. The summed E-state index contributed by atoms with van der Waals surface area (Å²) in [5.74, 6) is 2.14. The van der Waals surface area contributed by atoms with Crippen molar-refractivity contribution in [2.24, 2.45) is 0 Å². The Hall–Kier alpha value is -0.740. The first-order valence-corrected chi connectivity index (χ1v) is 8.46. The Kier molecular flexibility index (Phi) is 4.97. The van der Waals surface area contributed by atoms with Gasteiger partial charge in [0.15, 0.2) is 0 Å². The molecular formula is C15H21ClN2OS. The minimum atomic E-state index is -0.124. The number of halogens is 1. The van der Waals surface area contributed by atoms with Gasteiger partial charge in [0, 0.05) is 28.5 Å². The highest BCUT2D eigenvalue weighted by Crippen LogP contribution is 2.24. The van der Waals surface area contributed by atoms with Crippen LogP contribution in [0.15, 0.2) is 12.1 Å². The number of carbonyl (C=O) groups is 1. The van der Waals surface area contributed by atoms with E-state index in [9.17, 15) is 4.79 Å². The minimum Gasteiger partial charge on any atom is -0.348 e. The molecule has 0 bridgehead atoms. The second-order valence-electron chi connectivity index (χ2n) is 6.20. The molecule has 1 atom stereocenters. The first-order valence-electron chi connectivity index (χ1n) is 6.93. The van der Waals surface area contributed by atoms with E-state index in [1.807, 2.05) is 17.8 Å². The Morgan fingerprint density at radius 2 is 2.20 bits per heavy atom. The van der Waals surface area contributed by atoms with Crippen molar-refractivity contribution in [2.75, 3.05) is 11.5 Å². The van der Waals surface area contributed by atoms with E-state index in [-0.39, 0.29) is 17.4 Å². The fraction of sp³-hybridized carbons (Fsp3) is 0.600. The quantitative estimate of drug-likeness (QED) is 0.847. The molecule has 1 fully saturated rings. The molecular weight excluding hydrogens is 292 g/mol. The van der Waals surface area contributed by atoms with E-state index >= 15 is 0 Å². The van der Waals surface area contributed by atoms with Crippen molar-refractivity contribution in [2.45, 2.75) is 45.1 Å². The van der Waals surface area contributed by atoms with Crippen LogP contribution < -0.4 is 5.32 Å². The predicted molar refractivity (Wildman–Crippen MR) is 85.8 cm³/mol. The van der Waals surface area contributed by atoms with Gasteiger partial charge in [-0.05, 0) is 30.7 Å². The van der Waals surface area contributed by atoms with Crippen molar-refractivity contribution < 1.29 is 4.79 Å². The van der Waals surface area contributed by atoms with Gasteiger partial charge < -0.3 is 5.32 Å². The van der Waals surface area contributed by atoms with Crippen molar-refractivity contribution in [1.29, 1.82) is 0 Å². The summed E-state index contributed by atoms with van der Waals surface area (Å²) >= 11 is 7.95. The Morgan fingerprint density at radius 1 is 1.45 bits per heavy atom. The van der Waals surface area contributed by atoms with Gasteiger partial charge in [-0.25, -0.2) is 4.98 Å². The molecule has 1 N–H and O–H groups in total. The molecule has 1 unspecified atom stereocenters. The van der Waals surface area contributed by atoms with Gasteiger partial charge in [0.1, 0.15) is 5.15 Å². The highest BCUT2D eigenvalue weighted by atomic mass is 35.5. The van der Waals surface area contributed by atoms with E-state index < -0.39 is 0 Å². The van der Waals surface area contributed by atoms with Crippen LogP contribution in [0.2, 0.25) is 5.15 Å². The zero-order valence-corrected chi connectivity index (χ0v) is 13.8. The zero-order chi connectivity index (χ0) is 14.8. The number of aromatic nitrogens is 1. The summed E-state index contributed by atoms with van der Waals surface area (Å²) < 4.78 is 0. The van der Waals surface area contributed by atoms with Gasteiger partial charge in [-0.2, -0.15) is 11.8 Å². The average Bonchev–Trinajstić information content (AvgIpc) is 2.38. The smallest absolute Gasteiger partial charge is 0.251 e. The maximum Gasteiger partial charge on any atom is 0.251 e. The lowest BCUT2D eigenvalue weighted by molar-refractivity contribution is 0.0938. The molecule has 2 rings (SSSR count). The number of pyridine rings is 1. The Balaban J connectivity index is 2.14. The standard InChI is InChI=1S/C15H21ClN2OS/c1-15(2,3)12-7-10(8-13(16)18-12)14(19)17-11-5-4-6-20-9-11/h7-8,11H,4-6,9H2,1-3H3,(H,17,19). The van der Waals surface area contributed by atoms with E-state index in [2.05, 4.69) is 31.1 Å². The number of nitrogens with one attached hydrogen (secondary N) is 1. The van der Waals surface area contributed by atoms with Gasteiger partial charge in [0.2, 0.25) is 0 Å². The summed E-state index contributed by atoms with van der Waals surface area (Å²) in [5.41, 5.74) is 1.32. The Labute approximate surface area is 129 Å². The predicted octanol–water partition coefficient (Wildman–Crippen LogP) is 3.66. The zero-order valence-electron chi connectivity index (χ0n) is 12.2. The molecule has 5 heteroatoms. The highest BCUT2D eigenvalue weighted by Gasteiger charge is 2.21. The number of nitrogens with zero attached hydrogens (tertiary/aromatic N) is 1. The number of hydrogen-bond acceptors (Lipinski definition) is 3. The lowest BCUT2D eigenvalue weighted by Crippen LogP contribution is -2.38. The fourth-order valence-electron chi connectivity index (χ4n) is 2.14. The van der Waals surface area contributed by atoms with E-state index in [1.54, 1.807) is 6.07 Å². The third-order valence-corrected chi connectivity index (χ3v) is 4.73. The molecule has 0 spiro atoms. The molecule has 1 aromatic heterocycles. The first-order chi connectivity index (χ1) is 9.36. The summed E-state index contributed by atoms with van der Waals surface area (Å²) in [6, 6.07) is 3.76. The topological polar surface area (TPSA) is 42.0 Å². The highest BCUT2D eigenvalue weighted by molar-refractivity contribution is 7.99. The summed E-state index contributed by atoms with van der Waals surface area (Å²) in [6.07, 6.45) is 2.23. The van der Waals surface area contributed by atoms with E-state index in [0.717, 1.165) is 17.9 Å². The summed E-state index contributed by atoms with van der Waals surface area (Å²) in [6.45, 7) is 6.18. The van der Waals surface area contributed by atoms with E-state index in [1.165, 1.54) is 12.2 Å². The lowest BCUT2D eigenvalue weighted by Gasteiger charge is -2.23. The van der Waals surface area contributed by atoms with Crippen molar-refractivity contribution in [3.05, 3.63) is 28.5 Å². The van der Waals surface area contributed by atoms with Gasteiger partial charge in [-0.15, -0.1) is 0 Å². The fourth-order valence-corrected chi connectivity index (χ4v) is 3.42. The molecule has 1 aromatic rings. The number of amides is 1. The maximum atomic E-state index is 12.3. The van der Waals surface area contributed by atoms with E-state index in [0.29, 0.717) is 10.7 Å². The van der Waals surface area contributed by atoms with Gasteiger partial charge in [-0.1, -0.05) is 32.4 Å². The van der Waals surface area contributed by atoms with Crippen molar-refractivity contribution in [3.63, 3.8) is 0 Å². The summed E-state index contributed by atoms with van der Waals surface area (Å²) in [7, 11) is 0. The normalized spacial score (nSPS) is 19.7. The van der Waals surface area contributed by atoms with Gasteiger partial charge >= 0.3 is 0 Å². The lowest BCUT2D eigenvalue weighted by atomic mass is 9.91. The van der Waals surface area contributed by atoms with Crippen molar-refractivity contribution in [3.8, 4) is 0 Å². The molecule has 0 aromatic carbocycles. The van der Waals surface area contributed by atoms with Crippen LogP contribution in [0.3, 0.4) is 0 Å². The SMILES string of the molecule is CC(C)(C)c1cc(C(=O)NC2CCCSC2)cc(Cl)n1. The second kappa shape index (κ2) is 6.35. The molecule has 0 saturated carbocycles. The van der Waals surface area contributed by atoms with Crippen LogP contribution in [-0.2, 0) is 5.41 Å². The molecule has 2 heterocycles. The van der Waals surface area contributed by atoms with Crippen LogP contribution in [-0.4, -0.2) is 28.4 Å². The van der Waals surface area contributed by atoms with Gasteiger partial charge in [0.05, 0.1) is 0 Å². The molecule has 0 radical (unpaired) electrons. The molecule has 3 nitrogen and oxygen atoms in total. The first kappa shape index (κ1) is 15.6. The molecule has 1 amide bonds. The maximum absolute atomic E-state index is 12.3. The number of thioether (sulfide) groups is 1. The molecule has 20 heavy (non-hydrogen) atoms. The van der Waals surface area contributed by atoms with E-state index in [4.69, 9.17) is 11.6 Å². The summed E-state index contributed by atoms with van der Waals surface area (Å²) in [4.78, 5) is 16.7. The number of rotatable bonds is 2. The van der Waals surface area contributed by atoms with Crippen LogP contribution in [0, 0.1) is 0 Å². The van der Waals surface area contributed by atoms with Crippen LogP contribution in [0.5, 0.6) is 0 Å². The van der Waals surface area contributed by atoms with Crippen molar-refractivity contribution in [1.82, 2.24) is 10.3 Å². The largest absolute Gasteiger partial charge is 0.348 e. The third kappa shape index (κ3) is 4.13. The Bertz CT molecular complexity index is 493. The molecule has 1 aliphatic rings. The summed E-state index contributed by atoms with van der Waals surface area (Å²) in [5, 5.41) is 3.47. The molecule has 110 valence electrons. The van der Waals surface area contributed by atoms with Crippen molar-refractivity contribution >= 4 is 29.3 Å². The number of carbonyl (C=O) groups excluding carboxylic acids is 1. The van der Waals surface area contributed by atoms with Gasteiger partial charge in [-0.3, -0.25) is 4.79 Å². The van der Waals surface area contributed by atoms with Crippen LogP contribution in [0.4, 0.5) is 0 Å². The average molecular weight is 313 g/mol. The van der Waals surface area contributed by atoms with Gasteiger partial charge in [0.25, 0.3) is 5.91 Å². The Morgan fingerprint density at radius 3 is 2.80 bits per heavy atom. The third-order valence-electron chi connectivity index (χ3n) is 3.32. The molecule has 1 saturated heterocycles. The molecule has 0 aliphatic carbocycles. The molecule has 1 aliphatic heterocycles.